The summed E-state index contributed by atoms with van der Waals surface area (Å²) in [5.41, 5.74) is 0.911. The van der Waals surface area contributed by atoms with Gasteiger partial charge in [-0.05, 0) is 40.5 Å². The topological polar surface area (TPSA) is 24.9 Å². The summed E-state index contributed by atoms with van der Waals surface area (Å²) in [6, 6.07) is 5.74. The highest BCUT2D eigenvalue weighted by Gasteiger charge is 2.07. The highest BCUT2D eigenvalue weighted by molar-refractivity contribution is 9.10. The van der Waals surface area contributed by atoms with Crippen molar-refractivity contribution in [3.05, 3.63) is 58.3 Å². The Balaban J connectivity index is 1.97. The van der Waals surface area contributed by atoms with Gasteiger partial charge in [0.05, 0.1) is 11.9 Å². The number of nitrogens with one attached hydrogen (secondary N) is 1. The van der Waals surface area contributed by atoms with E-state index in [0.717, 1.165) is 10.2 Å². The number of aromatic nitrogens is 1. The fraction of sp³-hybridized carbons (Fsp3) is 0.154. The van der Waals surface area contributed by atoms with E-state index in [1.807, 2.05) is 6.07 Å². The Morgan fingerprint density at radius 3 is 2.56 bits per heavy atom. The third-order valence-electron chi connectivity index (χ3n) is 2.47. The van der Waals surface area contributed by atoms with E-state index < -0.39 is 11.6 Å². The van der Waals surface area contributed by atoms with Crippen LogP contribution in [0, 0.1) is 11.6 Å². The first kappa shape index (κ1) is 13.0. The van der Waals surface area contributed by atoms with Crippen LogP contribution in [0.2, 0.25) is 0 Å². The molecular weight excluding hydrogens is 302 g/mol. The molecule has 0 atom stereocenters. The van der Waals surface area contributed by atoms with Crippen LogP contribution in [-0.4, -0.2) is 11.5 Å². The molecule has 1 aromatic carbocycles. The first-order chi connectivity index (χ1) is 8.66. The van der Waals surface area contributed by atoms with Crippen molar-refractivity contribution in [1.29, 1.82) is 0 Å². The predicted molar refractivity (Wildman–Crippen MR) is 70.5 cm³/mol. The van der Waals surface area contributed by atoms with Crippen LogP contribution in [0.3, 0.4) is 0 Å². The minimum Gasteiger partial charge on any atom is -0.383 e. The van der Waals surface area contributed by atoms with Crippen LogP contribution < -0.4 is 5.32 Å². The fourth-order valence-corrected chi connectivity index (χ4v) is 1.98. The molecule has 0 saturated heterocycles. The highest BCUT2D eigenvalue weighted by Crippen LogP contribution is 2.15. The maximum atomic E-state index is 13.4. The molecule has 2 aromatic rings. The standard InChI is InChI=1S/C13H11BrF2N2/c14-9-6-10(8-17-7-9)18-5-4-11-12(15)2-1-3-13(11)16/h1-3,6-8,18H,4-5H2. The van der Waals surface area contributed by atoms with E-state index in [4.69, 9.17) is 0 Å². The van der Waals surface area contributed by atoms with E-state index in [1.54, 1.807) is 12.4 Å². The Bertz CT molecular complexity index is 526. The summed E-state index contributed by atoms with van der Waals surface area (Å²) >= 11 is 3.30. The summed E-state index contributed by atoms with van der Waals surface area (Å²) in [5.74, 6) is -1.02. The molecule has 1 aromatic heterocycles. The Kier molecular flexibility index (Phi) is 4.25. The molecule has 0 aliphatic heterocycles. The van der Waals surface area contributed by atoms with Gasteiger partial charge >= 0.3 is 0 Å². The molecule has 1 heterocycles. The Morgan fingerprint density at radius 2 is 1.89 bits per heavy atom. The summed E-state index contributed by atoms with van der Waals surface area (Å²) in [6.45, 7) is 0.440. The minimum atomic E-state index is -0.510. The molecule has 0 amide bonds. The van der Waals surface area contributed by atoms with Gasteiger partial charge in [0.1, 0.15) is 11.6 Å². The lowest BCUT2D eigenvalue weighted by Crippen LogP contribution is -2.08. The number of anilines is 1. The molecule has 0 saturated carbocycles. The van der Waals surface area contributed by atoms with Gasteiger partial charge in [-0.3, -0.25) is 4.98 Å². The first-order valence-corrected chi connectivity index (χ1v) is 6.23. The zero-order valence-electron chi connectivity index (χ0n) is 9.46. The fourth-order valence-electron chi connectivity index (χ4n) is 1.61. The van der Waals surface area contributed by atoms with Gasteiger partial charge in [-0.15, -0.1) is 0 Å². The summed E-state index contributed by atoms with van der Waals surface area (Å²) < 4.78 is 27.6. The Labute approximate surface area is 112 Å². The largest absolute Gasteiger partial charge is 0.383 e. The van der Waals surface area contributed by atoms with Gasteiger partial charge in [0.15, 0.2) is 0 Å². The maximum Gasteiger partial charge on any atom is 0.129 e. The van der Waals surface area contributed by atoms with E-state index in [-0.39, 0.29) is 12.0 Å². The van der Waals surface area contributed by atoms with Crippen LogP contribution in [-0.2, 0) is 6.42 Å². The number of benzene rings is 1. The lowest BCUT2D eigenvalue weighted by molar-refractivity contribution is 0.557. The number of hydrogen-bond donors (Lipinski definition) is 1. The SMILES string of the molecule is Fc1cccc(F)c1CCNc1cncc(Br)c1. The van der Waals surface area contributed by atoms with Crippen molar-refractivity contribution in [3.63, 3.8) is 0 Å². The quantitative estimate of drug-likeness (QED) is 0.929. The van der Waals surface area contributed by atoms with Gasteiger partial charge < -0.3 is 5.32 Å². The Morgan fingerprint density at radius 1 is 1.17 bits per heavy atom. The van der Waals surface area contributed by atoms with Gasteiger partial charge in [0.25, 0.3) is 0 Å². The molecular formula is C13H11BrF2N2. The van der Waals surface area contributed by atoms with Crippen molar-refractivity contribution in [2.24, 2.45) is 0 Å². The lowest BCUT2D eigenvalue weighted by atomic mass is 10.1. The number of hydrogen-bond acceptors (Lipinski definition) is 2. The lowest BCUT2D eigenvalue weighted by Gasteiger charge is -2.07. The third kappa shape index (κ3) is 3.26. The smallest absolute Gasteiger partial charge is 0.129 e. The van der Waals surface area contributed by atoms with E-state index >= 15 is 0 Å². The molecule has 94 valence electrons. The number of pyridine rings is 1. The monoisotopic (exact) mass is 312 g/mol. The van der Waals surface area contributed by atoms with Crippen LogP contribution in [0.4, 0.5) is 14.5 Å². The van der Waals surface area contributed by atoms with Gasteiger partial charge in [0, 0.05) is 22.8 Å². The van der Waals surface area contributed by atoms with Crippen molar-refractivity contribution in [1.82, 2.24) is 4.98 Å². The van der Waals surface area contributed by atoms with E-state index in [0.29, 0.717) is 6.54 Å². The summed E-state index contributed by atoms with van der Waals surface area (Å²) in [5, 5.41) is 3.06. The second kappa shape index (κ2) is 5.91. The first-order valence-electron chi connectivity index (χ1n) is 5.44. The normalized spacial score (nSPS) is 10.4. The molecule has 0 aliphatic carbocycles. The molecule has 18 heavy (non-hydrogen) atoms. The molecule has 2 rings (SSSR count). The molecule has 0 aliphatic rings. The molecule has 0 unspecified atom stereocenters. The molecule has 2 nitrogen and oxygen atoms in total. The average Bonchev–Trinajstić information content (AvgIpc) is 2.33. The maximum absolute atomic E-state index is 13.4. The molecule has 0 bridgehead atoms. The summed E-state index contributed by atoms with van der Waals surface area (Å²) in [7, 11) is 0. The zero-order valence-corrected chi connectivity index (χ0v) is 11.0. The van der Waals surface area contributed by atoms with E-state index in [9.17, 15) is 8.78 Å². The Hall–Kier alpha value is -1.49. The molecule has 0 radical (unpaired) electrons. The van der Waals surface area contributed by atoms with Gasteiger partial charge in [-0.1, -0.05) is 6.07 Å². The number of halogens is 3. The molecule has 5 heteroatoms. The summed E-state index contributed by atoms with van der Waals surface area (Å²) in [6.07, 6.45) is 3.61. The second-order valence-electron chi connectivity index (χ2n) is 3.77. The van der Waals surface area contributed by atoms with E-state index in [1.165, 1.54) is 18.2 Å². The predicted octanol–water partition coefficient (Wildman–Crippen LogP) is 3.78. The zero-order chi connectivity index (χ0) is 13.0. The van der Waals surface area contributed by atoms with Crippen molar-refractivity contribution in [3.8, 4) is 0 Å². The van der Waals surface area contributed by atoms with Crippen LogP contribution in [0.1, 0.15) is 5.56 Å². The van der Waals surface area contributed by atoms with Crippen LogP contribution in [0.15, 0.2) is 41.1 Å². The minimum absolute atomic E-state index is 0.105. The number of rotatable bonds is 4. The van der Waals surface area contributed by atoms with Gasteiger partial charge in [-0.2, -0.15) is 0 Å². The van der Waals surface area contributed by atoms with Crippen molar-refractivity contribution in [2.45, 2.75) is 6.42 Å². The van der Waals surface area contributed by atoms with Crippen LogP contribution in [0.25, 0.3) is 0 Å². The van der Waals surface area contributed by atoms with E-state index in [2.05, 4.69) is 26.2 Å². The third-order valence-corrected chi connectivity index (χ3v) is 2.90. The molecule has 0 spiro atoms. The second-order valence-corrected chi connectivity index (χ2v) is 4.68. The van der Waals surface area contributed by atoms with Crippen molar-refractivity contribution >= 4 is 21.6 Å². The molecule has 1 N–H and O–H groups in total. The van der Waals surface area contributed by atoms with Crippen LogP contribution >= 0.6 is 15.9 Å². The van der Waals surface area contributed by atoms with Crippen molar-refractivity contribution < 1.29 is 8.78 Å². The summed E-state index contributed by atoms with van der Waals surface area (Å²) in [4.78, 5) is 3.99. The van der Waals surface area contributed by atoms with Crippen molar-refractivity contribution in [2.75, 3.05) is 11.9 Å². The average molecular weight is 313 g/mol. The van der Waals surface area contributed by atoms with Crippen LogP contribution in [0.5, 0.6) is 0 Å². The van der Waals surface area contributed by atoms with Gasteiger partial charge in [-0.25, -0.2) is 8.78 Å². The highest BCUT2D eigenvalue weighted by atomic mass is 79.9. The molecule has 0 fully saturated rings. The number of nitrogens with zero attached hydrogens (tertiary/aromatic N) is 1. The van der Waals surface area contributed by atoms with Gasteiger partial charge in [0.2, 0.25) is 0 Å².